The summed E-state index contributed by atoms with van der Waals surface area (Å²) in [6.07, 6.45) is 10.3. The van der Waals surface area contributed by atoms with Gasteiger partial charge in [0.15, 0.2) is 0 Å². The predicted octanol–water partition coefficient (Wildman–Crippen LogP) is 4.13. The van der Waals surface area contributed by atoms with Crippen molar-refractivity contribution in [3.05, 3.63) is 0 Å². The molecule has 1 aliphatic heterocycles. The van der Waals surface area contributed by atoms with Gasteiger partial charge < -0.3 is 4.74 Å². The first kappa shape index (κ1) is 13.9. The van der Waals surface area contributed by atoms with Gasteiger partial charge in [0.1, 0.15) is 10.7 Å². The Hall–Kier alpha value is -0.180. The monoisotopic (exact) mass is 244 g/mol. The zero-order valence-electron chi connectivity index (χ0n) is 10.5. The molecule has 0 N–H and O–H groups in total. The lowest BCUT2D eigenvalue weighted by atomic mass is 10.1. The topological polar surface area (TPSA) is 26.3 Å². The second kappa shape index (κ2) is 7.99. The van der Waals surface area contributed by atoms with E-state index in [4.69, 9.17) is 4.74 Å². The Morgan fingerprint density at radius 2 is 1.75 bits per heavy atom. The van der Waals surface area contributed by atoms with E-state index in [0.717, 1.165) is 6.42 Å². The van der Waals surface area contributed by atoms with Gasteiger partial charge in [0.2, 0.25) is 0 Å². The summed E-state index contributed by atoms with van der Waals surface area (Å²) in [5.41, 5.74) is 0.137. The van der Waals surface area contributed by atoms with Gasteiger partial charge in [0.25, 0.3) is 0 Å². The Balaban J connectivity index is 1.90. The molecule has 3 heteroatoms. The molecule has 1 fully saturated rings. The summed E-state index contributed by atoms with van der Waals surface area (Å²) >= 11 is 1.67. The Bertz CT molecular complexity index is 206. The van der Waals surface area contributed by atoms with Crippen LogP contribution in [0.25, 0.3) is 0 Å². The van der Waals surface area contributed by atoms with Crippen LogP contribution in [-0.4, -0.2) is 16.7 Å². The fourth-order valence-corrected chi connectivity index (χ4v) is 3.01. The summed E-state index contributed by atoms with van der Waals surface area (Å²) in [6.45, 7) is 4.17. The highest BCUT2D eigenvalue weighted by Gasteiger charge is 2.30. The number of hydrogen-bond donors (Lipinski definition) is 0. The van der Waals surface area contributed by atoms with Crippen LogP contribution in [0.3, 0.4) is 0 Å². The van der Waals surface area contributed by atoms with E-state index in [9.17, 15) is 4.79 Å². The molecular weight excluding hydrogens is 220 g/mol. The lowest BCUT2D eigenvalue weighted by Crippen LogP contribution is -2.07. The fourth-order valence-electron chi connectivity index (χ4n) is 1.93. The van der Waals surface area contributed by atoms with E-state index in [-0.39, 0.29) is 16.7 Å². The lowest BCUT2D eigenvalue weighted by molar-refractivity contribution is -0.142. The number of carbonyl (C=O) groups excluding carboxylic acids is 1. The minimum absolute atomic E-state index is 0.0297. The molecule has 0 aromatic heterocycles. The molecule has 1 saturated heterocycles. The molecule has 94 valence electrons. The zero-order valence-corrected chi connectivity index (χ0v) is 11.4. The van der Waals surface area contributed by atoms with Crippen LogP contribution in [0.4, 0.5) is 0 Å². The third kappa shape index (κ3) is 5.24. The molecule has 0 spiro atoms. The van der Waals surface area contributed by atoms with E-state index in [2.05, 4.69) is 6.92 Å². The number of esters is 1. The third-order valence-electron chi connectivity index (χ3n) is 2.98. The maximum absolute atomic E-state index is 11.1. The van der Waals surface area contributed by atoms with Crippen molar-refractivity contribution in [1.82, 2.24) is 0 Å². The molecule has 2 atom stereocenters. The van der Waals surface area contributed by atoms with Gasteiger partial charge in [-0.2, -0.15) is 0 Å². The molecule has 1 heterocycles. The van der Waals surface area contributed by atoms with Gasteiger partial charge in [-0.05, 0) is 19.8 Å². The van der Waals surface area contributed by atoms with Crippen LogP contribution >= 0.6 is 11.8 Å². The van der Waals surface area contributed by atoms with E-state index in [1.807, 2.05) is 6.92 Å². The van der Waals surface area contributed by atoms with Crippen LogP contribution < -0.4 is 0 Å². The van der Waals surface area contributed by atoms with Crippen molar-refractivity contribution in [1.29, 1.82) is 0 Å². The van der Waals surface area contributed by atoms with Gasteiger partial charge in [0, 0.05) is 0 Å². The lowest BCUT2D eigenvalue weighted by Gasteiger charge is -2.07. The summed E-state index contributed by atoms with van der Waals surface area (Å²) in [5, 5.41) is 0.0505. The average Bonchev–Trinajstić information content (AvgIpc) is 2.57. The van der Waals surface area contributed by atoms with Crippen molar-refractivity contribution in [3.8, 4) is 0 Å². The number of thioether (sulfide) groups is 1. The molecular formula is C13H24O2S. The number of unbranched alkanes of at least 4 members (excludes halogenated alkanes) is 6. The molecule has 2 nitrogen and oxygen atoms in total. The van der Waals surface area contributed by atoms with Crippen LogP contribution in [0, 0.1) is 0 Å². The molecule has 2 unspecified atom stereocenters. The maximum Gasteiger partial charge on any atom is 0.320 e. The Morgan fingerprint density at radius 1 is 1.12 bits per heavy atom. The Labute approximate surface area is 104 Å². The normalized spacial score (nSPS) is 24.8. The molecule has 0 aromatic carbocycles. The van der Waals surface area contributed by atoms with Crippen molar-refractivity contribution in [2.24, 2.45) is 0 Å². The SMILES string of the molecule is CCCCCCCCCC1OC(=O)C(C)S1. The molecule has 0 radical (unpaired) electrons. The van der Waals surface area contributed by atoms with Gasteiger partial charge in [0.05, 0.1) is 0 Å². The van der Waals surface area contributed by atoms with Gasteiger partial charge >= 0.3 is 5.97 Å². The zero-order chi connectivity index (χ0) is 11.8. The van der Waals surface area contributed by atoms with Crippen LogP contribution in [0.1, 0.15) is 65.2 Å². The number of rotatable bonds is 8. The highest BCUT2D eigenvalue weighted by molar-refractivity contribution is 8.01. The van der Waals surface area contributed by atoms with Gasteiger partial charge in [-0.3, -0.25) is 4.79 Å². The number of ether oxygens (including phenoxy) is 1. The maximum atomic E-state index is 11.1. The molecule has 0 saturated carbocycles. The van der Waals surface area contributed by atoms with E-state index >= 15 is 0 Å². The molecule has 0 aromatic rings. The molecule has 0 aliphatic carbocycles. The number of carbonyl (C=O) groups is 1. The van der Waals surface area contributed by atoms with E-state index < -0.39 is 0 Å². The molecule has 16 heavy (non-hydrogen) atoms. The van der Waals surface area contributed by atoms with Crippen LogP contribution in [-0.2, 0) is 9.53 Å². The number of hydrogen-bond acceptors (Lipinski definition) is 3. The first-order valence-electron chi connectivity index (χ1n) is 6.60. The largest absolute Gasteiger partial charge is 0.450 e. The van der Waals surface area contributed by atoms with Crippen molar-refractivity contribution < 1.29 is 9.53 Å². The molecule has 1 aliphatic rings. The van der Waals surface area contributed by atoms with Gasteiger partial charge in [-0.1, -0.05) is 45.4 Å². The summed E-state index contributed by atoms with van der Waals surface area (Å²) < 4.78 is 5.24. The second-order valence-electron chi connectivity index (χ2n) is 4.55. The standard InChI is InChI=1S/C13H24O2S/c1-3-4-5-6-7-8-9-10-12-15-13(14)11(2)16-12/h11-12H,3-10H2,1-2H3. The van der Waals surface area contributed by atoms with E-state index in [1.54, 1.807) is 11.8 Å². The fraction of sp³-hybridized carbons (Fsp3) is 0.923. The van der Waals surface area contributed by atoms with Crippen LogP contribution in [0.2, 0.25) is 0 Å². The Morgan fingerprint density at radius 3 is 2.31 bits per heavy atom. The van der Waals surface area contributed by atoms with Crippen molar-refractivity contribution >= 4 is 17.7 Å². The summed E-state index contributed by atoms with van der Waals surface area (Å²) in [5.74, 6) is -0.0297. The quantitative estimate of drug-likeness (QED) is 0.474. The predicted molar refractivity (Wildman–Crippen MR) is 69.5 cm³/mol. The smallest absolute Gasteiger partial charge is 0.320 e. The number of cyclic esters (lactones) is 1. The van der Waals surface area contributed by atoms with Crippen molar-refractivity contribution in [2.45, 2.75) is 75.9 Å². The summed E-state index contributed by atoms with van der Waals surface area (Å²) in [4.78, 5) is 11.1. The molecule has 1 rings (SSSR count). The average molecular weight is 244 g/mol. The summed E-state index contributed by atoms with van der Waals surface area (Å²) in [6, 6.07) is 0. The van der Waals surface area contributed by atoms with Crippen molar-refractivity contribution in [3.63, 3.8) is 0 Å². The third-order valence-corrected chi connectivity index (χ3v) is 4.21. The highest BCUT2D eigenvalue weighted by atomic mass is 32.2. The minimum atomic E-state index is -0.0297. The van der Waals surface area contributed by atoms with Crippen LogP contribution in [0.15, 0.2) is 0 Å². The summed E-state index contributed by atoms with van der Waals surface area (Å²) in [7, 11) is 0. The van der Waals surface area contributed by atoms with Gasteiger partial charge in [-0.15, -0.1) is 11.8 Å². The van der Waals surface area contributed by atoms with Gasteiger partial charge in [-0.25, -0.2) is 0 Å². The first-order valence-corrected chi connectivity index (χ1v) is 7.54. The second-order valence-corrected chi connectivity index (χ2v) is 6.06. The highest BCUT2D eigenvalue weighted by Crippen LogP contribution is 2.31. The molecule has 0 amide bonds. The van der Waals surface area contributed by atoms with Crippen molar-refractivity contribution in [2.75, 3.05) is 0 Å². The minimum Gasteiger partial charge on any atom is -0.450 e. The first-order chi connectivity index (χ1) is 7.74. The Kier molecular flexibility index (Phi) is 6.93. The van der Waals surface area contributed by atoms with E-state index in [0.29, 0.717) is 0 Å². The van der Waals surface area contributed by atoms with E-state index in [1.165, 1.54) is 44.9 Å². The molecule has 0 bridgehead atoms. The van der Waals surface area contributed by atoms with Crippen LogP contribution in [0.5, 0.6) is 0 Å².